The molecule has 0 bridgehead atoms. The second kappa shape index (κ2) is 5.62. The Hall–Kier alpha value is -1.91. The highest BCUT2D eigenvalue weighted by Gasteiger charge is 2.10. The van der Waals surface area contributed by atoms with Gasteiger partial charge in [0, 0.05) is 17.8 Å². The summed E-state index contributed by atoms with van der Waals surface area (Å²) in [5.74, 6) is 0.615. The maximum Gasteiger partial charge on any atom is 0.204 e. The van der Waals surface area contributed by atoms with E-state index in [9.17, 15) is 0 Å². The smallest absolute Gasteiger partial charge is 0.204 e. The van der Waals surface area contributed by atoms with Gasteiger partial charge in [0.15, 0.2) is 0 Å². The predicted octanol–water partition coefficient (Wildman–Crippen LogP) is 2.96. The van der Waals surface area contributed by atoms with Crippen molar-refractivity contribution in [3.8, 4) is 11.4 Å². The maximum absolute atomic E-state index is 3.96. The van der Waals surface area contributed by atoms with E-state index in [4.69, 9.17) is 0 Å². The van der Waals surface area contributed by atoms with Gasteiger partial charge in [0.25, 0.3) is 0 Å². The predicted molar refractivity (Wildman–Crippen MR) is 74.3 cm³/mol. The minimum Gasteiger partial charge on any atom is -0.385 e. The molecule has 18 heavy (non-hydrogen) atoms. The molecule has 5 nitrogen and oxygen atoms in total. The first-order chi connectivity index (χ1) is 8.04. The summed E-state index contributed by atoms with van der Waals surface area (Å²) in [6.45, 7) is 7.51. The third-order valence-electron chi connectivity index (χ3n) is 2.29. The van der Waals surface area contributed by atoms with Crippen molar-refractivity contribution in [3.05, 3.63) is 24.3 Å². The number of H-pyrrole nitrogens is 1. The highest BCUT2D eigenvalue weighted by molar-refractivity contribution is 5.61. The van der Waals surface area contributed by atoms with Crippen molar-refractivity contribution in [2.24, 2.45) is 5.41 Å². The van der Waals surface area contributed by atoms with Crippen LogP contribution in [0.25, 0.3) is 11.4 Å². The molecule has 5 heteroatoms. The Morgan fingerprint density at radius 3 is 2.67 bits per heavy atom. The highest BCUT2D eigenvalue weighted by Crippen LogP contribution is 2.20. The van der Waals surface area contributed by atoms with Crippen LogP contribution in [0.5, 0.6) is 0 Å². The second-order valence-electron chi connectivity index (χ2n) is 5.23. The topological polar surface area (TPSA) is 66.5 Å². The van der Waals surface area contributed by atoms with Gasteiger partial charge < -0.3 is 5.32 Å². The Morgan fingerprint density at radius 1 is 1.28 bits per heavy atom. The molecule has 0 unspecified atom stereocenters. The minimum absolute atomic E-state index is 0. The molecule has 0 aliphatic heterocycles. The number of rotatable bonds is 3. The summed E-state index contributed by atoms with van der Waals surface area (Å²) in [5, 5.41) is 17.3. The second-order valence-corrected chi connectivity index (χ2v) is 5.23. The van der Waals surface area contributed by atoms with Crippen LogP contribution in [0.2, 0.25) is 0 Å². The summed E-state index contributed by atoms with van der Waals surface area (Å²) in [6, 6.07) is 8.01. The lowest BCUT2D eigenvalue weighted by Crippen LogP contribution is -2.18. The number of benzene rings is 1. The van der Waals surface area contributed by atoms with Crippen LogP contribution in [-0.4, -0.2) is 27.2 Å². The van der Waals surface area contributed by atoms with Crippen LogP contribution in [0.3, 0.4) is 0 Å². The Kier molecular flexibility index (Phi) is 4.42. The number of aromatic nitrogens is 4. The zero-order valence-corrected chi connectivity index (χ0v) is 10.4. The number of tetrazole rings is 1. The molecule has 0 amide bonds. The van der Waals surface area contributed by atoms with Gasteiger partial charge in [-0.15, -0.1) is 10.2 Å². The SMILES string of the molecule is C.CC(C)(C)CNc1cccc(-c2nn[nH]n2)c1. The fourth-order valence-electron chi connectivity index (χ4n) is 1.42. The van der Waals surface area contributed by atoms with Crippen LogP contribution in [0, 0.1) is 5.41 Å². The zero-order chi connectivity index (χ0) is 12.3. The molecule has 1 aromatic heterocycles. The van der Waals surface area contributed by atoms with Gasteiger partial charge in [-0.25, -0.2) is 0 Å². The molecule has 0 atom stereocenters. The number of aromatic amines is 1. The molecule has 2 aromatic rings. The molecular weight excluding hydrogens is 226 g/mol. The average molecular weight is 247 g/mol. The van der Waals surface area contributed by atoms with E-state index >= 15 is 0 Å². The summed E-state index contributed by atoms with van der Waals surface area (Å²) >= 11 is 0. The molecule has 0 saturated carbocycles. The van der Waals surface area contributed by atoms with E-state index in [2.05, 4.69) is 46.7 Å². The lowest BCUT2D eigenvalue weighted by molar-refractivity contribution is 0.443. The summed E-state index contributed by atoms with van der Waals surface area (Å²) < 4.78 is 0. The van der Waals surface area contributed by atoms with Crippen LogP contribution >= 0.6 is 0 Å². The number of hydrogen-bond acceptors (Lipinski definition) is 4. The normalized spacial score (nSPS) is 10.8. The summed E-state index contributed by atoms with van der Waals surface area (Å²) in [5.41, 5.74) is 2.28. The van der Waals surface area contributed by atoms with Crippen molar-refractivity contribution in [3.63, 3.8) is 0 Å². The van der Waals surface area contributed by atoms with Crippen LogP contribution in [0.4, 0.5) is 5.69 Å². The summed E-state index contributed by atoms with van der Waals surface area (Å²) in [7, 11) is 0. The van der Waals surface area contributed by atoms with Gasteiger partial charge >= 0.3 is 0 Å². The van der Waals surface area contributed by atoms with E-state index in [0.717, 1.165) is 17.8 Å². The van der Waals surface area contributed by atoms with Crippen molar-refractivity contribution < 1.29 is 0 Å². The van der Waals surface area contributed by atoms with E-state index < -0.39 is 0 Å². The van der Waals surface area contributed by atoms with Gasteiger partial charge in [0.1, 0.15) is 0 Å². The molecule has 0 aliphatic carbocycles. The van der Waals surface area contributed by atoms with Gasteiger partial charge in [-0.1, -0.05) is 40.3 Å². The summed E-state index contributed by atoms with van der Waals surface area (Å²) in [6.07, 6.45) is 0. The first-order valence-electron chi connectivity index (χ1n) is 5.62. The molecule has 2 rings (SSSR count). The maximum atomic E-state index is 3.96. The van der Waals surface area contributed by atoms with E-state index in [1.54, 1.807) is 0 Å². The van der Waals surface area contributed by atoms with Crippen molar-refractivity contribution >= 4 is 5.69 Å². The van der Waals surface area contributed by atoms with Gasteiger partial charge in [-0.3, -0.25) is 0 Å². The molecule has 0 radical (unpaired) electrons. The van der Waals surface area contributed by atoms with Crippen molar-refractivity contribution in [1.82, 2.24) is 20.6 Å². The summed E-state index contributed by atoms with van der Waals surface area (Å²) in [4.78, 5) is 0. The van der Waals surface area contributed by atoms with E-state index in [1.165, 1.54) is 0 Å². The molecule has 1 aromatic carbocycles. The number of hydrogen-bond donors (Lipinski definition) is 2. The third-order valence-corrected chi connectivity index (χ3v) is 2.29. The zero-order valence-electron chi connectivity index (χ0n) is 10.4. The van der Waals surface area contributed by atoms with Crippen LogP contribution in [0.15, 0.2) is 24.3 Å². The van der Waals surface area contributed by atoms with E-state index in [0.29, 0.717) is 5.82 Å². The van der Waals surface area contributed by atoms with Crippen molar-refractivity contribution in [2.75, 3.05) is 11.9 Å². The Morgan fingerprint density at radius 2 is 2.06 bits per heavy atom. The molecule has 98 valence electrons. The molecule has 0 spiro atoms. The number of anilines is 1. The first-order valence-corrected chi connectivity index (χ1v) is 5.62. The van der Waals surface area contributed by atoms with Gasteiger partial charge in [-0.05, 0) is 22.8 Å². The Bertz CT molecular complexity index is 470. The monoisotopic (exact) mass is 247 g/mol. The molecule has 1 heterocycles. The van der Waals surface area contributed by atoms with Crippen LogP contribution in [-0.2, 0) is 0 Å². The minimum atomic E-state index is 0. The van der Waals surface area contributed by atoms with Gasteiger partial charge in [0.2, 0.25) is 5.82 Å². The van der Waals surface area contributed by atoms with Gasteiger partial charge in [0.05, 0.1) is 0 Å². The molecule has 0 aliphatic rings. The quantitative estimate of drug-likeness (QED) is 0.875. The highest BCUT2D eigenvalue weighted by atomic mass is 15.5. The molecular formula is C13H21N5. The van der Waals surface area contributed by atoms with Crippen molar-refractivity contribution in [1.29, 1.82) is 0 Å². The van der Waals surface area contributed by atoms with E-state index in [1.807, 2.05) is 24.3 Å². The fraction of sp³-hybridized carbons (Fsp3) is 0.462. The molecule has 0 fully saturated rings. The Labute approximate surface area is 108 Å². The lowest BCUT2D eigenvalue weighted by Gasteiger charge is -2.19. The van der Waals surface area contributed by atoms with Crippen LogP contribution < -0.4 is 5.32 Å². The standard InChI is InChI=1S/C12H17N5.CH4/c1-12(2,3)8-13-10-6-4-5-9(7-10)11-14-16-17-15-11;/h4-7,13H,8H2,1-3H3,(H,14,15,16,17);1H4. The number of nitrogens with zero attached hydrogens (tertiary/aromatic N) is 3. The lowest BCUT2D eigenvalue weighted by atomic mass is 9.97. The molecule has 0 saturated heterocycles. The average Bonchev–Trinajstić information content (AvgIpc) is 2.79. The fourth-order valence-corrected chi connectivity index (χ4v) is 1.42. The first kappa shape index (κ1) is 14.2. The largest absolute Gasteiger partial charge is 0.385 e. The Balaban J connectivity index is 0.00000162. The van der Waals surface area contributed by atoms with Crippen molar-refractivity contribution in [2.45, 2.75) is 28.2 Å². The van der Waals surface area contributed by atoms with E-state index in [-0.39, 0.29) is 12.8 Å². The number of nitrogens with one attached hydrogen (secondary N) is 2. The van der Waals surface area contributed by atoms with Gasteiger partial charge in [-0.2, -0.15) is 5.21 Å². The molecule has 2 N–H and O–H groups in total. The third kappa shape index (κ3) is 3.84. The van der Waals surface area contributed by atoms with Crippen LogP contribution in [0.1, 0.15) is 28.2 Å².